The van der Waals surface area contributed by atoms with E-state index in [1.165, 1.54) is 0 Å². The van der Waals surface area contributed by atoms with E-state index in [2.05, 4.69) is 27.9 Å². The Morgan fingerprint density at radius 3 is 2.46 bits per heavy atom. The highest BCUT2D eigenvalue weighted by molar-refractivity contribution is 14.1. The number of benzene rings is 2. The van der Waals surface area contributed by atoms with Crippen LogP contribution in [0.5, 0.6) is 0 Å². The molecular weight excluding hydrogens is 439 g/mol. The largest absolute Gasteiger partial charge is 0.349 e. The number of hydrogen-bond donors (Lipinski definition) is 1. The molecule has 0 unspecified atom stereocenters. The van der Waals surface area contributed by atoms with Crippen LogP contribution in [0.3, 0.4) is 0 Å². The molecule has 0 spiro atoms. The van der Waals surface area contributed by atoms with E-state index in [-0.39, 0.29) is 17.3 Å². The van der Waals surface area contributed by atoms with E-state index in [9.17, 15) is 9.59 Å². The van der Waals surface area contributed by atoms with Crippen LogP contribution in [0.4, 0.5) is 5.69 Å². The molecule has 122 valence electrons. The summed E-state index contributed by atoms with van der Waals surface area (Å²) in [6, 6.07) is 15.1. The average Bonchev–Trinajstić information content (AvgIpc) is 2.76. The summed E-state index contributed by atoms with van der Waals surface area (Å²) in [6.45, 7) is 2.13. The average molecular weight is 453 g/mol. The number of carbonyl (C=O) groups is 2. The molecule has 2 aromatic carbocycles. The lowest BCUT2D eigenvalue weighted by Gasteiger charge is -2.15. The van der Waals surface area contributed by atoms with Crippen LogP contribution in [0.2, 0.25) is 0 Å². The molecule has 3 rings (SSSR count). The van der Waals surface area contributed by atoms with Gasteiger partial charge in [-0.05, 0) is 58.8 Å². The van der Waals surface area contributed by atoms with Gasteiger partial charge in [-0.2, -0.15) is 0 Å². The van der Waals surface area contributed by atoms with Crippen molar-refractivity contribution in [1.29, 1.82) is 0 Å². The van der Waals surface area contributed by atoms with E-state index < -0.39 is 11.8 Å². The van der Waals surface area contributed by atoms with Crippen molar-refractivity contribution in [3.05, 3.63) is 74.0 Å². The predicted octanol–water partition coefficient (Wildman–Crippen LogP) is 4.03. The van der Waals surface area contributed by atoms with E-state index in [1.54, 1.807) is 0 Å². The Morgan fingerprint density at radius 1 is 1.08 bits per heavy atom. The van der Waals surface area contributed by atoms with Gasteiger partial charge in [-0.1, -0.05) is 41.9 Å². The molecule has 2 aromatic rings. The van der Waals surface area contributed by atoms with Crippen molar-refractivity contribution in [2.24, 2.45) is 0 Å². The van der Waals surface area contributed by atoms with Crippen molar-refractivity contribution in [2.75, 3.05) is 5.32 Å². The van der Waals surface area contributed by atoms with Crippen LogP contribution < -0.4 is 5.32 Å². The highest BCUT2D eigenvalue weighted by atomic mass is 127. The van der Waals surface area contributed by atoms with Gasteiger partial charge in [0.15, 0.2) is 0 Å². The maximum Gasteiger partial charge on any atom is 0.279 e. The number of halogens is 2. The second-order valence-corrected chi connectivity index (χ2v) is 7.08. The number of amides is 2. The molecule has 0 radical (unpaired) electrons. The van der Waals surface area contributed by atoms with Crippen LogP contribution in [0.1, 0.15) is 11.1 Å². The summed E-state index contributed by atoms with van der Waals surface area (Å²) < 4.78 is 1.09. The van der Waals surface area contributed by atoms with Crippen LogP contribution in [0, 0.1) is 10.5 Å². The maximum absolute atomic E-state index is 12.6. The third-order valence-electron chi connectivity index (χ3n) is 3.74. The van der Waals surface area contributed by atoms with Crippen LogP contribution in [-0.4, -0.2) is 16.7 Å². The first-order valence-electron chi connectivity index (χ1n) is 7.30. The molecule has 0 aromatic heterocycles. The van der Waals surface area contributed by atoms with Gasteiger partial charge in [0.1, 0.15) is 10.7 Å². The van der Waals surface area contributed by atoms with Gasteiger partial charge in [-0.15, -0.1) is 0 Å². The number of rotatable bonds is 4. The van der Waals surface area contributed by atoms with Crippen molar-refractivity contribution in [3.63, 3.8) is 0 Å². The van der Waals surface area contributed by atoms with Crippen molar-refractivity contribution >= 4 is 51.7 Å². The second-order valence-electron chi connectivity index (χ2n) is 5.46. The summed E-state index contributed by atoms with van der Waals surface area (Å²) in [5.74, 6) is -0.886. The summed E-state index contributed by atoms with van der Waals surface area (Å²) in [5, 5.41) is 2.94. The van der Waals surface area contributed by atoms with Crippen LogP contribution in [0.25, 0.3) is 0 Å². The molecule has 0 saturated heterocycles. The summed E-state index contributed by atoms with van der Waals surface area (Å²) in [6.07, 6.45) is 0. The molecule has 1 N–H and O–H groups in total. The highest BCUT2D eigenvalue weighted by Gasteiger charge is 2.37. The van der Waals surface area contributed by atoms with E-state index in [1.807, 2.05) is 55.5 Å². The fourth-order valence-electron chi connectivity index (χ4n) is 2.47. The molecule has 24 heavy (non-hydrogen) atoms. The van der Waals surface area contributed by atoms with Gasteiger partial charge in [0, 0.05) is 9.26 Å². The Morgan fingerprint density at radius 2 is 1.79 bits per heavy atom. The third-order valence-corrected chi connectivity index (χ3v) is 4.76. The standard InChI is InChI=1S/C18H14ClIN2O2/c1-11-9-13(20)7-8-14(11)21-16-15(19)17(23)22(18(16)24)10-12-5-3-2-4-6-12/h2-9,21H,10H2,1H3. The van der Waals surface area contributed by atoms with Gasteiger partial charge in [0.05, 0.1) is 6.54 Å². The number of nitrogens with zero attached hydrogens (tertiary/aromatic N) is 1. The highest BCUT2D eigenvalue weighted by Crippen LogP contribution is 2.28. The predicted molar refractivity (Wildman–Crippen MR) is 102 cm³/mol. The lowest BCUT2D eigenvalue weighted by Crippen LogP contribution is -2.31. The molecule has 0 fully saturated rings. The number of nitrogens with one attached hydrogen (secondary N) is 1. The number of hydrogen-bond acceptors (Lipinski definition) is 3. The minimum Gasteiger partial charge on any atom is -0.349 e. The fraction of sp³-hybridized carbons (Fsp3) is 0.111. The van der Waals surface area contributed by atoms with E-state index in [4.69, 9.17) is 11.6 Å². The molecule has 0 atom stereocenters. The van der Waals surface area contributed by atoms with Gasteiger partial charge in [0.2, 0.25) is 0 Å². The number of anilines is 1. The topological polar surface area (TPSA) is 49.4 Å². The minimum absolute atomic E-state index is 0.0751. The number of imide groups is 1. The third kappa shape index (κ3) is 3.32. The van der Waals surface area contributed by atoms with Crippen molar-refractivity contribution in [1.82, 2.24) is 4.90 Å². The lowest BCUT2D eigenvalue weighted by atomic mass is 10.2. The molecule has 1 aliphatic rings. The molecule has 6 heteroatoms. The van der Waals surface area contributed by atoms with E-state index >= 15 is 0 Å². The zero-order valence-corrected chi connectivity index (χ0v) is 15.8. The maximum atomic E-state index is 12.6. The molecule has 0 saturated carbocycles. The summed E-state index contributed by atoms with van der Waals surface area (Å²) in [7, 11) is 0. The first-order chi connectivity index (χ1) is 11.5. The SMILES string of the molecule is Cc1cc(I)ccc1NC1=C(Cl)C(=O)N(Cc2ccccc2)C1=O. The molecule has 2 amide bonds. The van der Waals surface area contributed by atoms with Gasteiger partial charge < -0.3 is 5.32 Å². The van der Waals surface area contributed by atoms with Gasteiger partial charge in [-0.3, -0.25) is 14.5 Å². The molecule has 1 aliphatic heterocycles. The zero-order valence-electron chi connectivity index (χ0n) is 12.8. The van der Waals surface area contributed by atoms with Crippen molar-refractivity contribution in [2.45, 2.75) is 13.5 Å². The van der Waals surface area contributed by atoms with Crippen molar-refractivity contribution < 1.29 is 9.59 Å². The van der Waals surface area contributed by atoms with E-state index in [0.29, 0.717) is 0 Å². The summed E-state index contributed by atoms with van der Waals surface area (Å²) >= 11 is 8.34. The van der Waals surface area contributed by atoms with Crippen LogP contribution in [0.15, 0.2) is 59.3 Å². The Labute approximate surface area is 158 Å². The monoisotopic (exact) mass is 452 g/mol. The van der Waals surface area contributed by atoms with E-state index in [0.717, 1.165) is 25.3 Å². The van der Waals surface area contributed by atoms with Gasteiger partial charge in [-0.25, -0.2) is 0 Å². The molecular formula is C18H14ClIN2O2. The quantitative estimate of drug-likeness (QED) is 0.563. The first-order valence-corrected chi connectivity index (χ1v) is 8.76. The van der Waals surface area contributed by atoms with Gasteiger partial charge in [0.25, 0.3) is 11.8 Å². The zero-order chi connectivity index (χ0) is 17.3. The lowest BCUT2D eigenvalue weighted by molar-refractivity contribution is -0.138. The fourth-order valence-corrected chi connectivity index (χ4v) is 3.34. The Kier molecular flexibility index (Phi) is 4.91. The number of carbonyl (C=O) groups excluding carboxylic acids is 2. The summed E-state index contributed by atoms with van der Waals surface area (Å²) in [5.41, 5.74) is 2.73. The molecule has 0 bridgehead atoms. The van der Waals surface area contributed by atoms with Gasteiger partial charge >= 0.3 is 0 Å². The second kappa shape index (κ2) is 6.94. The van der Waals surface area contributed by atoms with Crippen molar-refractivity contribution in [3.8, 4) is 0 Å². The number of aryl methyl sites for hydroxylation is 1. The molecule has 0 aliphatic carbocycles. The smallest absolute Gasteiger partial charge is 0.279 e. The Bertz CT molecular complexity index is 849. The summed E-state index contributed by atoms with van der Waals surface area (Å²) in [4.78, 5) is 26.1. The molecule has 1 heterocycles. The van der Waals surface area contributed by atoms with Crippen LogP contribution >= 0.6 is 34.2 Å². The Balaban J connectivity index is 1.84. The van der Waals surface area contributed by atoms with Crippen LogP contribution in [-0.2, 0) is 16.1 Å². The first kappa shape index (κ1) is 17.0. The Hall–Kier alpha value is -1.86. The molecule has 4 nitrogen and oxygen atoms in total. The minimum atomic E-state index is -0.476. The normalized spacial score (nSPS) is 14.5.